The third kappa shape index (κ3) is 26.2. The minimum Gasteiger partial charge on any atom is -0.317 e. The Labute approximate surface area is 147 Å². The molecule has 1 N–H and O–H groups in total. The Kier molecular flexibility index (Phi) is 30.1. The highest BCUT2D eigenvalue weighted by Crippen LogP contribution is 1.99. The van der Waals surface area contributed by atoms with Crippen LogP contribution in [0.5, 0.6) is 0 Å². The maximum Gasteiger partial charge on any atom is -0.00484 e. The lowest BCUT2D eigenvalue weighted by atomic mass is 10.2. The summed E-state index contributed by atoms with van der Waals surface area (Å²) in [7, 11) is 0. The zero-order valence-corrected chi connectivity index (χ0v) is 17.2. The van der Waals surface area contributed by atoms with Crippen LogP contribution < -0.4 is 5.32 Å². The number of benzene rings is 1. The molecule has 1 aromatic rings. The smallest absolute Gasteiger partial charge is 0.00484 e. The van der Waals surface area contributed by atoms with E-state index in [1.54, 1.807) is 0 Å². The van der Waals surface area contributed by atoms with Gasteiger partial charge in [0.1, 0.15) is 0 Å². The van der Waals surface area contributed by atoms with Crippen molar-refractivity contribution in [2.45, 2.75) is 81.1 Å². The molecule has 0 bridgehead atoms. The van der Waals surface area contributed by atoms with Crippen molar-refractivity contribution >= 4 is 0 Å². The molecule has 1 aliphatic rings. The third-order valence-corrected chi connectivity index (χ3v) is 2.81. The summed E-state index contributed by atoms with van der Waals surface area (Å²) in [6, 6.07) is 8.48. The van der Waals surface area contributed by atoms with Gasteiger partial charge in [-0.3, -0.25) is 0 Å². The molecule has 0 saturated carbocycles. The molecule has 23 heavy (non-hydrogen) atoms. The van der Waals surface area contributed by atoms with E-state index in [1.807, 2.05) is 27.7 Å². The van der Waals surface area contributed by atoms with E-state index in [4.69, 9.17) is 0 Å². The van der Waals surface area contributed by atoms with E-state index in [-0.39, 0.29) is 0 Å². The summed E-state index contributed by atoms with van der Waals surface area (Å²) in [5, 5.41) is 3.22. The lowest BCUT2D eigenvalue weighted by Crippen LogP contribution is -2.03. The first-order valence-corrected chi connectivity index (χ1v) is 9.59. The van der Waals surface area contributed by atoms with Crippen LogP contribution in [0, 0.1) is 13.8 Å². The van der Waals surface area contributed by atoms with Crippen LogP contribution in [-0.2, 0) is 0 Å². The van der Waals surface area contributed by atoms with Crippen LogP contribution in [0.2, 0.25) is 0 Å². The molecule has 136 valence electrons. The fourth-order valence-electron chi connectivity index (χ4n) is 1.60. The van der Waals surface area contributed by atoms with Crippen molar-refractivity contribution in [1.29, 1.82) is 0 Å². The molecule has 1 aliphatic heterocycles. The standard InChI is InChI=1S/C8H10.C6H12.C4H9N.2C2H6/c1-7-3-5-8(2)6-4-7;1-3-5-6-4-2;1-2-4-5-3-1;2*1-2/h3-6H,1-2H3;5-6H,3-4H2,1-2H3;5H,1-4H2;2*1-2H3/b;6-5-;;;. The Bertz CT molecular complexity index is 273. The Morgan fingerprint density at radius 2 is 1.04 bits per heavy atom. The van der Waals surface area contributed by atoms with Crippen molar-refractivity contribution < 1.29 is 0 Å². The third-order valence-electron chi connectivity index (χ3n) is 2.81. The van der Waals surface area contributed by atoms with Gasteiger partial charge in [0.2, 0.25) is 0 Å². The van der Waals surface area contributed by atoms with Crippen LogP contribution in [0.15, 0.2) is 36.4 Å². The second-order valence-electron chi connectivity index (χ2n) is 4.90. The summed E-state index contributed by atoms with van der Waals surface area (Å²) in [5.41, 5.74) is 2.66. The molecule has 0 amide bonds. The van der Waals surface area contributed by atoms with Gasteiger partial charge in [0, 0.05) is 0 Å². The number of allylic oxidation sites excluding steroid dienone is 2. The van der Waals surface area contributed by atoms with Gasteiger partial charge < -0.3 is 5.32 Å². The van der Waals surface area contributed by atoms with Crippen molar-refractivity contribution in [3.05, 3.63) is 47.5 Å². The highest BCUT2D eigenvalue weighted by atomic mass is 14.9. The molecule has 1 nitrogen and oxygen atoms in total. The van der Waals surface area contributed by atoms with E-state index in [2.05, 4.69) is 69.4 Å². The second-order valence-corrected chi connectivity index (χ2v) is 4.90. The Morgan fingerprint density at radius 1 is 0.739 bits per heavy atom. The maximum absolute atomic E-state index is 3.22. The molecule has 0 spiro atoms. The second kappa shape index (κ2) is 25.9. The number of nitrogens with one attached hydrogen (secondary N) is 1. The van der Waals surface area contributed by atoms with E-state index < -0.39 is 0 Å². The van der Waals surface area contributed by atoms with E-state index >= 15 is 0 Å². The molecular formula is C22H43N. The maximum atomic E-state index is 3.22. The first-order valence-electron chi connectivity index (χ1n) is 9.59. The monoisotopic (exact) mass is 321 g/mol. The largest absolute Gasteiger partial charge is 0.317 e. The molecule has 0 unspecified atom stereocenters. The predicted octanol–water partition coefficient (Wildman–Crippen LogP) is 7.09. The Morgan fingerprint density at radius 3 is 1.22 bits per heavy atom. The van der Waals surface area contributed by atoms with Gasteiger partial charge >= 0.3 is 0 Å². The molecule has 1 fully saturated rings. The molecule has 1 aromatic carbocycles. The summed E-state index contributed by atoms with van der Waals surface area (Å²) in [6.07, 6.45) is 9.49. The number of hydrogen-bond donors (Lipinski definition) is 1. The van der Waals surface area contributed by atoms with Gasteiger partial charge in [-0.25, -0.2) is 0 Å². The molecule has 0 aliphatic carbocycles. The fourth-order valence-corrected chi connectivity index (χ4v) is 1.60. The molecule has 0 aromatic heterocycles. The summed E-state index contributed by atoms with van der Waals surface area (Å²) < 4.78 is 0. The zero-order valence-electron chi connectivity index (χ0n) is 17.2. The average Bonchev–Trinajstić information content (AvgIpc) is 3.20. The first kappa shape index (κ1) is 26.8. The van der Waals surface area contributed by atoms with Gasteiger partial charge in [0.15, 0.2) is 0 Å². The lowest BCUT2D eigenvalue weighted by Gasteiger charge is -1.90. The van der Waals surface area contributed by atoms with Crippen molar-refractivity contribution in [3.8, 4) is 0 Å². The molecule has 1 saturated heterocycles. The van der Waals surface area contributed by atoms with Crippen molar-refractivity contribution in [2.75, 3.05) is 13.1 Å². The van der Waals surface area contributed by atoms with Crippen molar-refractivity contribution in [2.24, 2.45) is 0 Å². The number of rotatable bonds is 2. The predicted molar refractivity (Wildman–Crippen MR) is 110 cm³/mol. The first-order chi connectivity index (χ1) is 11.2. The normalized spacial score (nSPS) is 11.7. The lowest BCUT2D eigenvalue weighted by molar-refractivity contribution is 0.857. The van der Waals surface area contributed by atoms with Crippen LogP contribution in [0.3, 0.4) is 0 Å². The van der Waals surface area contributed by atoms with Crippen LogP contribution in [0.25, 0.3) is 0 Å². The molecule has 0 atom stereocenters. The quantitative estimate of drug-likeness (QED) is 0.573. The van der Waals surface area contributed by atoms with E-state index in [1.165, 1.54) is 49.9 Å². The minimum absolute atomic E-state index is 1.17. The molecule has 1 heterocycles. The summed E-state index contributed by atoms with van der Waals surface area (Å²) in [4.78, 5) is 0. The molecular weight excluding hydrogens is 278 g/mol. The van der Waals surface area contributed by atoms with Gasteiger partial charge in [-0.15, -0.1) is 0 Å². The van der Waals surface area contributed by atoms with E-state index in [9.17, 15) is 0 Å². The summed E-state index contributed by atoms with van der Waals surface area (Å²) in [5.74, 6) is 0. The SMILES string of the molecule is C1CCNC1.CC.CC.CC/C=C\CC.Cc1ccc(C)cc1. The van der Waals surface area contributed by atoms with E-state index in [0.29, 0.717) is 0 Å². The van der Waals surface area contributed by atoms with Gasteiger partial charge in [-0.1, -0.05) is 89.1 Å². The fraction of sp³-hybridized carbons (Fsp3) is 0.636. The average molecular weight is 322 g/mol. The Balaban J connectivity index is -0.000000240. The van der Waals surface area contributed by atoms with Gasteiger partial charge in [0.05, 0.1) is 0 Å². The topological polar surface area (TPSA) is 12.0 Å². The van der Waals surface area contributed by atoms with E-state index in [0.717, 1.165) is 0 Å². The van der Waals surface area contributed by atoms with Crippen molar-refractivity contribution in [3.63, 3.8) is 0 Å². The van der Waals surface area contributed by atoms with Crippen LogP contribution >= 0.6 is 0 Å². The molecule has 0 radical (unpaired) electrons. The van der Waals surface area contributed by atoms with Gasteiger partial charge in [-0.05, 0) is 52.6 Å². The zero-order chi connectivity index (χ0) is 18.3. The Hall–Kier alpha value is -1.08. The van der Waals surface area contributed by atoms with Gasteiger partial charge in [-0.2, -0.15) is 0 Å². The molecule has 1 heteroatoms. The van der Waals surface area contributed by atoms with Gasteiger partial charge in [0.25, 0.3) is 0 Å². The summed E-state index contributed by atoms with van der Waals surface area (Å²) in [6.45, 7) is 19.0. The number of hydrogen-bond acceptors (Lipinski definition) is 1. The van der Waals surface area contributed by atoms with Crippen LogP contribution in [-0.4, -0.2) is 13.1 Å². The minimum atomic E-state index is 1.17. The molecule has 2 rings (SSSR count). The van der Waals surface area contributed by atoms with Crippen LogP contribution in [0.4, 0.5) is 0 Å². The number of aryl methyl sites for hydroxylation is 2. The highest BCUT2D eigenvalue weighted by molar-refractivity contribution is 5.19. The summed E-state index contributed by atoms with van der Waals surface area (Å²) >= 11 is 0. The highest BCUT2D eigenvalue weighted by Gasteiger charge is 1.93. The van der Waals surface area contributed by atoms with Crippen molar-refractivity contribution in [1.82, 2.24) is 5.32 Å². The van der Waals surface area contributed by atoms with Crippen LogP contribution in [0.1, 0.15) is 78.4 Å².